The summed E-state index contributed by atoms with van der Waals surface area (Å²) in [6, 6.07) is 3.27. The molecule has 0 atom stereocenters. The number of hydrogen-bond acceptors (Lipinski definition) is 4. The third-order valence-electron chi connectivity index (χ3n) is 2.08. The van der Waals surface area contributed by atoms with E-state index in [0.717, 1.165) is 4.47 Å². The van der Waals surface area contributed by atoms with Crippen molar-refractivity contribution in [2.75, 3.05) is 24.2 Å². The standard InChI is InChI=1S/C10H13Br2NO4S/c1-17-10-6-9(7(11)5-8(10)12)13-18(15,16)4-2-3-14/h5-6,13-14H,2-4H2,1H3. The van der Waals surface area contributed by atoms with E-state index in [2.05, 4.69) is 36.6 Å². The summed E-state index contributed by atoms with van der Waals surface area (Å²) < 4.78 is 32.2. The molecule has 1 aromatic carbocycles. The number of anilines is 1. The minimum absolute atomic E-state index is 0.131. The highest BCUT2D eigenvalue weighted by Gasteiger charge is 2.14. The van der Waals surface area contributed by atoms with Crippen LogP contribution in [0.15, 0.2) is 21.1 Å². The van der Waals surface area contributed by atoms with Crippen LogP contribution in [0.4, 0.5) is 5.69 Å². The molecule has 2 N–H and O–H groups in total. The molecule has 0 heterocycles. The molecule has 18 heavy (non-hydrogen) atoms. The van der Waals surface area contributed by atoms with E-state index in [-0.39, 0.29) is 18.8 Å². The van der Waals surface area contributed by atoms with Gasteiger partial charge in [-0.1, -0.05) is 0 Å². The lowest BCUT2D eigenvalue weighted by atomic mass is 10.3. The Bertz CT molecular complexity index is 519. The third kappa shape index (κ3) is 4.42. The smallest absolute Gasteiger partial charge is 0.232 e. The maximum absolute atomic E-state index is 11.7. The number of hydrogen-bond donors (Lipinski definition) is 2. The number of methoxy groups -OCH3 is 1. The van der Waals surface area contributed by atoms with Crippen LogP contribution >= 0.6 is 31.9 Å². The first-order valence-electron chi connectivity index (χ1n) is 5.04. The molecule has 102 valence electrons. The molecule has 0 amide bonds. The van der Waals surface area contributed by atoms with Gasteiger partial charge >= 0.3 is 0 Å². The van der Waals surface area contributed by atoms with E-state index < -0.39 is 10.0 Å². The van der Waals surface area contributed by atoms with Crippen molar-refractivity contribution in [2.24, 2.45) is 0 Å². The van der Waals surface area contributed by atoms with E-state index in [1.165, 1.54) is 7.11 Å². The van der Waals surface area contributed by atoms with E-state index in [9.17, 15) is 8.42 Å². The van der Waals surface area contributed by atoms with Crippen LogP contribution in [0.5, 0.6) is 5.75 Å². The molecule has 8 heteroatoms. The highest BCUT2D eigenvalue weighted by atomic mass is 79.9. The first kappa shape index (κ1) is 15.7. The molecule has 0 radical (unpaired) electrons. The molecule has 1 aromatic rings. The summed E-state index contributed by atoms with van der Waals surface area (Å²) in [6.07, 6.45) is 0.195. The van der Waals surface area contributed by atoms with Crippen molar-refractivity contribution in [2.45, 2.75) is 6.42 Å². The van der Waals surface area contributed by atoms with Crippen molar-refractivity contribution in [3.63, 3.8) is 0 Å². The van der Waals surface area contributed by atoms with Gasteiger partial charge in [0, 0.05) is 17.1 Å². The van der Waals surface area contributed by atoms with E-state index >= 15 is 0 Å². The molecule has 1 rings (SSSR count). The number of sulfonamides is 1. The van der Waals surface area contributed by atoms with Gasteiger partial charge in [-0.05, 0) is 44.3 Å². The zero-order valence-corrected chi connectivity index (χ0v) is 13.6. The van der Waals surface area contributed by atoms with Gasteiger partial charge in [-0.2, -0.15) is 0 Å². The lowest BCUT2D eigenvalue weighted by molar-refractivity contribution is 0.295. The Kier molecular flexibility index (Phi) is 5.90. The summed E-state index contributed by atoms with van der Waals surface area (Å²) in [7, 11) is -1.97. The molecule has 0 aliphatic rings. The topological polar surface area (TPSA) is 75.6 Å². The van der Waals surface area contributed by atoms with E-state index in [1.807, 2.05) is 0 Å². The lowest BCUT2D eigenvalue weighted by Crippen LogP contribution is -2.17. The van der Waals surface area contributed by atoms with Gasteiger partial charge in [0.25, 0.3) is 0 Å². The second-order valence-corrected chi connectivity index (χ2v) is 7.02. The summed E-state index contributed by atoms with van der Waals surface area (Å²) in [4.78, 5) is 0. The second-order valence-electron chi connectivity index (χ2n) is 3.46. The van der Waals surface area contributed by atoms with Crippen LogP contribution in [0, 0.1) is 0 Å². The summed E-state index contributed by atoms with van der Waals surface area (Å²) in [5.41, 5.74) is 0.396. The number of nitrogens with one attached hydrogen (secondary N) is 1. The number of aliphatic hydroxyl groups excluding tert-OH is 1. The number of ether oxygens (including phenoxy) is 1. The van der Waals surface area contributed by atoms with Crippen LogP contribution in [0.1, 0.15) is 6.42 Å². The van der Waals surface area contributed by atoms with Crippen LogP contribution in [0.3, 0.4) is 0 Å². The quantitative estimate of drug-likeness (QED) is 0.765. The van der Waals surface area contributed by atoms with E-state index in [4.69, 9.17) is 9.84 Å². The van der Waals surface area contributed by atoms with Crippen molar-refractivity contribution >= 4 is 47.6 Å². The Hall–Kier alpha value is -0.310. The Morgan fingerprint density at radius 3 is 2.56 bits per heavy atom. The first-order valence-corrected chi connectivity index (χ1v) is 8.28. The predicted octanol–water partition coefficient (Wildman–Crippen LogP) is 2.34. The van der Waals surface area contributed by atoms with Crippen molar-refractivity contribution in [1.29, 1.82) is 0 Å². The first-order chi connectivity index (χ1) is 8.39. The molecule has 0 saturated heterocycles. The van der Waals surface area contributed by atoms with Gasteiger partial charge in [-0.3, -0.25) is 4.72 Å². The van der Waals surface area contributed by atoms with Crippen LogP contribution in [-0.2, 0) is 10.0 Å². The number of benzene rings is 1. The Morgan fingerprint density at radius 2 is 2.00 bits per heavy atom. The van der Waals surface area contributed by atoms with Crippen molar-refractivity contribution in [1.82, 2.24) is 0 Å². The van der Waals surface area contributed by atoms with Gasteiger partial charge < -0.3 is 9.84 Å². The van der Waals surface area contributed by atoms with Gasteiger partial charge in [0.05, 0.1) is 23.0 Å². The molecule has 0 spiro atoms. The molecule has 0 aliphatic heterocycles. The highest BCUT2D eigenvalue weighted by Crippen LogP contribution is 2.34. The maximum Gasteiger partial charge on any atom is 0.232 e. The molecule has 0 aliphatic carbocycles. The average molecular weight is 403 g/mol. The minimum atomic E-state index is -3.47. The van der Waals surface area contributed by atoms with E-state index in [1.54, 1.807) is 12.1 Å². The van der Waals surface area contributed by atoms with Crippen molar-refractivity contribution in [3.05, 3.63) is 21.1 Å². The van der Waals surface area contributed by atoms with Gasteiger partial charge in [-0.25, -0.2) is 8.42 Å². The van der Waals surface area contributed by atoms with Gasteiger partial charge in [0.1, 0.15) is 5.75 Å². The minimum Gasteiger partial charge on any atom is -0.495 e. The summed E-state index contributed by atoms with van der Waals surface area (Å²) in [5.74, 6) is 0.395. The molecular formula is C10H13Br2NO4S. The molecule has 0 bridgehead atoms. The normalized spacial score (nSPS) is 11.3. The fraction of sp³-hybridized carbons (Fsp3) is 0.400. The average Bonchev–Trinajstić information content (AvgIpc) is 2.30. The predicted molar refractivity (Wildman–Crippen MR) is 77.5 cm³/mol. The zero-order chi connectivity index (χ0) is 13.8. The number of aliphatic hydroxyl groups is 1. The highest BCUT2D eigenvalue weighted by molar-refractivity contribution is 9.11. The van der Waals surface area contributed by atoms with Crippen LogP contribution in [0.25, 0.3) is 0 Å². The van der Waals surface area contributed by atoms with Crippen LogP contribution in [0.2, 0.25) is 0 Å². The molecule has 0 unspecified atom stereocenters. The molecule has 0 aromatic heterocycles. The molecule has 0 saturated carbocycles. The summed E-state index contributed by atoms with van der Waals surface area (Å²) >= 11 is 6.57. The fourth-order valence-electron chi connectivity index (χ4n) is 1.24. The Balaban J connectivity index is 2.97. The zero-order valence-electron chi connectivity index (χ0n) is 9.61. The SMILES string of the molecule is COc1cc(NS(=O)(=O)CCCO)c(Br)cc1Br. The molecular weight excluding hydrogens is 390 g/mol. The largest absolute Gasteiger partial charge is 0.495 e. The molecule has 5 nitrogen and oxygen atoms in total. The number of halogens is 2. The van der Waals surface area contributed by atoms with Gasteiger partial charge in [-0.15, -0.1) is 0 Å². The summed E-state index contributed by atoms with van der Waals surface area (Å²) in [6.45, 7) is -0.161. The van der Waals surface area contributed by atoms with Crippen molar-refractivity contribution in [3.8, 4) is 5.75 Å². The van der Waals surface area contributed by atoms with Crippen LogP contribution < -0.4 is 9.46 Å². The van der Waals surface area contributed by atoms with Gasteiger partial charge in [0.2, 0.25) is 10.0 Å². The monoisotopic (exact) mass is 401 g/mol. The van der Waals surface area contributed by atoms with Crippen molar-refractivity contribution < 1.29 is 18.3 Å². The Morgan fingerprint density at radius 1 is 1.33 bits per heavy atom. The van der Waals surface area contributed by atoms with Crippen LogP contribution in [-0.4, -0.2) is 33.0 Å². The van der Waals surface area contributed by atoms with E-state index in [0.29, 0.717) is 15.9 Å². The number of rotatable bonds is 6. The second kappa shape index (κ2) is 6.74. The lowest BCUT2D eigenvalue weighted by Gasteiger charge is -2.12. The summed E-state index contributed by atoms with van der Waals surface area (Å²) in [5, 5.41) is 8.64. The maximum atomic E-state index is 11.7. The fourth-order valence-corrected chi connectivity index (χ4v) is 3.74. The van der Waals surface area contributed by atoms with Gasteiger partial charge in [0.15, 0.2) is 0 Å². The third-order valence-corrected chi connectivity index (χ3v) is 4.71. The molecule has 0 fully saturated rings. The Labute approximate surface area is 123 Å².